The van der Waals surface area contributed by atoms with E-state index in [-0.39, 0.29) is 0 Å². The van der Waals surface area contributed by atoms with Gasteiger partial charge in [0.25, 0.3) is 0 Å². The highest BCUT2D eigenvalue weighted by molar-refractivity contribution is 7.26. The monoisotopic (exact) mass is 527 g/mol. The van der Waals surface area contributed by atoms with Gasteiger partial charge in [0.2, 0.25) is 5.71 Å². The zero-order valence-electron chi connectivity index (χ0n) is 21.6. The Hall–Kier alpha value is -4.74. The number of hydrogen-bond donors (Lipinski definition) is 1. The Morgan fingerprint density at radius 3 is 2.50 bits per heavy atom. The van der Waals surface area contributed by atoms with Gasteiger partial charge in [-0.05, 0) is 41.7 Å². The van der Waals surface area contributed by atoms with Crippen molar-refractivity contribution in [1.82, 2.24) is 9.55 Å². The number of benzene rings is 5. The fraction of sp³-hybridized carbons (Fsp3) is 0.0286. The van der Waals surface area contributed by atoms with Crippen LogP contribution in [0.3, 0.4) is 0 Å². The zero-order valence-corrected chi connectivity index (χ0v) is 22.4. The van der Waals surface area contributed by atoms with Gasteiger partial charge in [-0.3, -0.25) is 0 Å². The first-order valence-corrected chi connectivity index (χ1v) is 14.4. The van der Waals surface area contributed by atoms with Crippen molar-refractivity contribution in [3.63, 3.8) is 0 Å². The molecule has 185 valence electrons. The molecule has 0 unspecified atom stereocenters. The van der Waals surface area contributed by atoms with Crippen LogP contribution in [0.4, 0.5) is 0 Å². The Kier molecular flexibility index (Phi) is 3.84. The van der Waals surface area contributed by atoms with Crippen LogP contribution in [0.25, 0.3) is 81.0 Å². The van der Waals surface area contributed by atoms with Crippen molar-refractivity contribution in [2.24, 2.45) is 0 Å². The van der Waals surface area contributed by atoms with Crippen molar-refractivity contribution in [1.29, 1.82) is 0 Å². The predicted molar refractivity (Wildman–Crippen MR) is 170 cm³/mol. The van der Waals surface area contributed by atoms with Crippen LogP contribution in [0, 0.1) is 6.92 Å². The molecule has 5 heteroatoms. The summed E-state index contributed by atoms with van der Waals surface area (Å²) in [5.41, 5.74) is 12.9. The summed E-state index contributed by atoms with van der Waals surface area (Å²) < 4.78 is 11.5. The fourth-order valence-corrected chi connectivity index (χ4v) is 8.24. The number of aryl methyl sites for hydroxylation is 1. The lowest BCUT2D eigenvalue weighted by molar-refractivity contribution is 0.657. The molecule has 1 aliphatic rings. The normalized spacial score (nSPS) is 12.8. The van der Waals surface area contributed by atoms with Crippen molar-refractivity contribution in [2.75, 3.05) is 0 Å². The van der Waals surface area contributed by atoms with Crippen LogP contribution in [0.2, 0.25) is 0 Å². The molecule has 0 saturated heterocycles. The molecular formula is C35H20BN2OS. The average molecular weight is 527 g/mol. The van der Waals surface area contributed by atoms with Crippen LogP contribution in [0.15, 0.2) is 101 Å². The lowest BCUT2D eigenvalue weighted by Gasteiger charge is -2.24. The van der Waals surface area contributed by atoms with Gasteiger partial charge in [0.05, 0.1) is 21.1 Å². The van der Waals surface area contributed by atoms with Gasteiger partial charge in [0.1, 0.15) is 5.58 Å². The number of thiophene rings is 1. The number of H-pyrrole nitrogens is 1. The van der Waals surface area contributed by atoms with Crippen molar-refractivity contribution in [3.8, 4) is 16.8 Å². The van der Waals surface area contributed by atoms with E-state index in [1.807, 2.05) is 23.5 Å². The van der Waals surface area contributed by atoms with Gasteiger partial charge < -0.3 is 14.0 Å². The van der Waals surface area contributed by atoms with Gasteiger partial charge in [-0.1, -0.05) is 84.3 Å². The van der Waals surface area contributed by atoms with Crippen LogP contribution < -0.4 is 10.9 Å². The van der Waals surface area contributed by atoms with Gasteiger partial charge in [0.15, 0.2) is 7.28 Å². The predicted octanol–water partition coefficient (Wildman–Crippen LogP) is 8.32. The molecule has 0 aliphatic carbocycles. The van der Waals surface area contributed by atoms with Gasteiger partial charge in [-0.25, -0.2) is 0 Å². The van der Waals surface area contributed by atoms with E-state index >= 15 is 0 Å². The topological polar surface area (TPSA) is 33.9 Å². The molecule has 0 atom stereocenters. The molecule has 0 saturated carbocycles. The first kappa shape index (κ1) is 21.1. The number of nitrogens with one attached hydrogen (secondary N) is 1. The van der Waals surface area contributed by atoms with Gasteiger partial charge in [0, 0.05) is 43.0 Å². The molecule has 9 aromatic rings. The molecule has 5 heterocycles. The quantitative estimate of drug-likeness (QED) is 0.214. The first-order chi connectivity index (χ1) is 19.7. The Morgan fingerprint density at radius 1 is 0.750 bits per heavy atom. The summed E-state index contributed by atoms with van der Waals surface area (Å²) >= 11 is 1.90. The average Bonchev–Trinajstić information content (AvgIpc) is 3.71. The smallest absolute Gasteiger partial charge is 0.206 e. The summed E-state index contributed by atoms with van der Waals surface area (Å²) in [5.74, 6) is 0. The number of aromatic nitrogens is 2. The molecule has 1 aliphatic heterocycles. The molecule has 0 amide bonds. The van der Waals surface area contributed by atoms with Gasteiger partial charge in [-0.15, -0.1) is 11.3 Å². The number of aromatic amines is 1. The maximum absolute atomic E-state index is 6.25. The van der Waals surface area contributed by atoms with E-state index in [0.29, 0.717) is 0 Å². The minimum absolute atomic E-state index is 0.832. The molecule has 3 nitrogen and oxygen atoms in total. The second kappa shape index (κ2) is 7.26. The Balaban J connectivity index is 1.33. The van der Waals surface area contributed by atoms with Crippen LogP contribution in [0.1, 0.15) is 5.56 Å². The minimum Gasteiger partial charge on any atom is -0.440 e. The molecule has 1 N–H and O–H groups in total. The molecule has 10 rings (SSSR count). The third-order valence-corrected chi connectivity index (χ3v) is 9.82. The number of hydrogen-bond acceptors (Lipinski definition) is 2. The Bertz CT molecular complexity index is 2540. The molecule has 40 heavy (non-hydrogen) atoms. The maximum Gasteiger partial charge on any atom is 0.206 e. The van der Waals surface area contributed by atoms with E-state index < -0.39 is 0 Å². The molecule has 5 aromatic carbocycles. The van der Waals surface area contributed by atoms with E-state index in [1.54, 1.807) is 0 Å². The molecule has 0 bridgehead atoms. The third kappa shape index (κ3) is 2.52. The summed E-state index contributed by atoms with van der Waals surface area (Å²) in [5, 5.41) is 6.14. The standard InChI is InChI=1S/C35H20BN2OS/c1-18-16-24(19-10-6-11-22-29-20-8-2-4-14-27(20)39-35(29)37-31(19)22)30-26(17-18)38-32-23(12-7-13-25(32)36-30)34-33(38)21-9-3-5-15-28(21)40-34/h2-17,37H,1H3. The van der Waals surface area contributed by atoms with Crippen molar-refractivity contribution in [3.05, 3.63) is 103 Å². The minimum atomic E-state index is 0.832. The summed E-state index contributed by atoms with van der Waals surface area (Å²) in [6.45, 7) is 2.21. The van der Waals surface area contributed by atoms with Gasteiger partial charge in [-0.2, -0.15) is 0 Å². The van der Waals surface area contributed by atoms with Crippen molar-refractivity contribution < 1.29 is 4.42 Å². The number of rotatable bonds is 1. The highest BCUT2D eigenvalue weighted by Gasteiger charge is 2.28. The second-order valence-electron chi connectivity index (χ2n) is 10.9. The Labute approximate surface area is 233 Å². The second-order valence-corrected chi connectivity index (χ2v) is 12.0. The molecule has 0 fully saturated rings. The molecule has 1 radical (unpaired) electrons. The lowest BCUT2D eigenvalue weighted by Crippen LogP contribution is -2.37. The lowest BCUT2D eigenvalue weighted by atomic mass is 9.59. The summed E-state index contributed by atoms with van der Waals surface area (Å²) in [6, 6.07) is 35.1. The van der Waals surface area contributed by atoms with Crippen LogP contribution in [-0.2, 0) is 0 Å². The van der Waals surface area contributed by atoms with Gasteiger partial charge >= 0.3 is 0 Å². The molecule has 4 aromatic heterocycles. The van der Waals surface area contributed by atoms with Crippen LogP contribution >= 0.6 is 11.3 Å². The summed E-state index contributed by atoms with van der Waals surface area (Å²) in [7, 11) is 2.39. The SMILES string of the molecule is Cc1cc(-c2cccc3c2[nH]c2oc4ccccc4c23)c2c(c1)-n1c3c(cccc3c3sc4ccccc4c31)[B]2. The third-order valence-electron chi connectivity index (χ3n) is 8.63. The number of fused-ring (bicyclic) bond motifs is 12. The summed E-state index contributed by atoms with van der Waals surface area (Å²) in [4.78, 5) is 3.66. The van der Waals surface area contributed by atoms with E-state index in [1.165, 1.54) is 69.9 Å². The summed E-state index contributed by atoms with van der Waals surface area (Å²) in [6.07, 6.45) is 0. The highest BCUT2D eigenvalue weighted by atomic mass is 32.1. The maximum atomic E-state index is 6.25. The van der Waals surface area contributed by atoms with E-state index in [9.17, 15) is 0 Å². The fourth-order valence-electron chi connectivity index (χ4n) is 7.03. The van der Waals surface area contributed by atoms with E-state index in [0.717, 1.165) is 27.6 Å². The zero-order chi connectivity index (χ0) is 26.1. The van der Waals surface area contributed by atoms with E-state index in [2.05, 4.69) is 109 Å². The van der Waals surface area contributed by atoms with E-state index in [4.69, 9.17) is 4.42 Å². The van der Waals surface area contributed by atoms with Crippen LogP contribution in [-0.4, -0.2) is 16.8 Å². The Morgan fingerprint density at radius 2 is 1.55 bits per heavy atom. The highest BCUT2D eigenvalue weighted by Crippen LogP contribution is 2.43. The molecular weight excluding hydrogens is 507 g/mol. The largest absolute Gasteiger partial charge is 0.440 e. The number of nitrogens with zero attached hydrogens (tertiary/aromatic N) is 1. The van der Waals surface area contributed by atoms with Crippen LogP contribution in [0.5, 0.6) is 0 Å². The number of para-hydroxylation sites is 3. The molecule has 0 spiro atoms. The van der Waals surface area contributed by atoms with Crippen molar-refractivity contribution >= 4 is 93.7 Å². The van der Waals surface area contributed by atoms with Crippen molar-refractivity contribution in [2.45, 2.75) is 6.92 Å². The first-order valence-electron chi connectivity index (χ1n) is 13.6. The number of furan rings is 1.